The zero-order chi connectivity index (χ0) is 13.9. The molecule has 0 bridgehead atoms. The number of rotatable bonds is 4. The molecule has 0 aliphatic carbocycles. The third kappa shape index (κ3) is 2.40. The Kier molecular flexibility index (Phi) is 3.43. The summed E-state index contributed by atoms with van der Waals surface area (Å²) < 4.78 is 10.9. The van der Waals surface area contributed by atoms with Crippen LogP contribution in [0.4, 0.5) is 0 Å². The lowest BCUT2D eigenvalue weighted by molar-refractivity contribution is 0.280. The molecule has 0 radical (unpaired) electrons. The fourth-order valence-corrected chi connectivity index (χ4v) is 2.09. The molecule has 3 aromatic rings. The van der Waals surface area contributed by atoms with E-state index in [1.54, 1.807) is 18.3 Å². The molecule has 0 aliphatic rings. The van der Waals surface area contributed by atoms with E-state index in [2.05, 4.69) is 15.0 Å². The number of hydrogen-bond acceptors (Lipinski definition) is 4. The van der Waals surface area contributed by atoms with Gasteiger partial charge in [-0.3, -0.25) is 0 Å². The van der Waals surface area contributed by atoms with Crippen LogP contribution in [0.2, 0.25) is 5.15 Å². The zero-order valence-electron chi connectivity index (χ0n) is 10.8. The van der Waals surface area contributed by atoms with Gasteiger partial charge in [-0.25, -0.2) is 4.98 Å². The molecule has 102 valence electrons. The van der Waals surface area contributed by atoms with Crippen LogP contribution in [-0.4, -0.2) is 22.1 Å². The average molecular weight is 290 g/mol. The van der Waals surface area contributed by atoms with Crippen LogP contribution in [-0.2, 0) is 6.61 Å². The smallest absolute Gasteiger partial charge is 0.258 e. The second kappa shape index (κ2) is 5.38. The molecule has 0 atom stereocenters. The van der Waals surface area contributed by atoms with Crippen molar-refractivity contribution in [2.45, 2.75) is 6.61 Å². The van der Waals surface area contributed by atoms with Gasteiger partial charge in [0.2, 0.25) is 0 Å². The van der Waals surface area contributed by atoms with E-state index in [4.69, 9.17) is 21.1 Å². The number of nitrogens with one attached hydrogen (secondary N) is 1. The van der Waals surface area contributed by atoms with Gasteiger partial charge < -0.3 is 14.5 Å². The van der Waals surface area contributed by atoms with Crippen LogP contribution >= 0.6 is 11.6 Å². The third-order valence-corrected chi connectivity index (χ3v) is 3.12. The number of H-pyrrole nitrogens is 1. The Morgan fingerprint density at radius 1 is 1.30 bits per heavy atom. The molecule has 0 unspecified atom stereocenters. The van der Waals surface area contributed by atoms with Gasteiger partial charge in [-0.2, -0.15) is 4.98 Å². The molecule has 0 aromatic carbocycles. The van der Waals surface area contributed by atoms with Gasteiger partial charge in [0.1, 0.15) is 17.4 Å². The molecule has 0 spiro atoms. The average Bonchev–Trinajstić information content (AvgIpc) is 2.89. The minimum absolute atomic E-state index is 0.366. The topological polar surface area (TPSA) is 60.0 Å². The van der Waals surface area contributed by atoms with Crippen LogP contribution in [0.5, 0.6) is 11.6 Å². The Bertz CT molecular complexity index is 742. The van der Waals surface area contributed by atoms with Crippen LogP contribution in [0.15, 0.2) is 36.7 Å². The lowest BCUT2D eigenvalue weighted by Crippen LogP contribution is -1.98. The molecule has 0 aliphatic heterocycles. The Hall–Kier alpha value is -2.27. The molecule has 0 amide bonds. The minimum atomic E-state index is 0.366. The molecule has 20 heavy (non-hydrogen) atoms. The van der Waals surface area contributed by atoms with Crippen LogP contribution in [0.3, 0.4) is 0 Å². The minimum Gasteiger partial charge on any atom is -0.483 e. The van der Waals surface area contributed by atoms with Gasteiger partial charge in [0, 0.05) is 23.3 Å². The molecule has 0 saturated heterocycles. The molecule has 6 heteroatoms. The standard InChI is InChI=1S/C14H12ClN3O2/c1-19-14-11(4-5-12(15)18-14)20-8-9-7-17-13-10(9)3-2-6-16-13/h2-7H,8H2,1H3,(H,16,17). The quantitative estimate of drug-likeness (QED) is 0.749. The molecular formula is C14H12ClN3O2. The number of ether oxygens (including phenoxy) is 2. The Balaban J connectivity index is 1.83. The second-order valence-electron chi connectivity index (χ2n) is 4.14. The maximum absolute atomic E-state index is 5.81. The van der Waals surface area contributed by atoms with Gasteiger partial charge in [-0.15, -0.1) is 0 Å². The second-order valence-corrected chi connectivity index (χ2v) is 4.53. The van der Waals surface area contributed by atoms with E-state index in [-0.39, 0.29) is 0 Å². The highest BCUT2D eigenvalue weighted by Gasteiger charge is 2.09. The summed E-state index contributed by atoms with van der Waals surface area (Å²) >= 11 is 5.81. The molecule has 3 heterocycles. The Morgan fingerprint density at radius 3 is 3.05 bits per heavy atom. The van der Waals surface area contributed by atoms with Gasteiger partial charge in [0.25, 0.3) is 5.88 Å². The summed E-state index contributed by atoms with van der Waals surface area (Å²) in [5.41, 5.74) is 1.86. The van der Waals surface area contributed by atoms with Crippen molar-refractivity contribution in [2.24, 2.45) is 0 Å². The van der Waals surface area contributed by atoms with Crippen molar-refractivity contribution in [3.8, 4) is 11.6 Å². The molecule has 5 nitrogen and oxygen atoms in total. The fourth-order valence-electron chi connectivity index (χ4n) is 1.95. The number of fused-ring (bicyclic) bond motifs is 1. The zero-order valence-corrected chi connectivity index (χ0v) is 11.5. The normalized spacial score (nSPS) is 10.7. The SMILES string of the molecule is COc1nc(Cl)ccc1OCc1c[nH]c2ncccc12. The van der Waals surface area contributed by atoms with Crippen molar-refractivity contribution in [2.75, 3.05) is 7.11 Å². The first-order chi connectivity index (χ1) is 9.78. The highest BCUT2D eigenvalue weighted by atomic mass is 35.5. The molecule has 1 N–H and O–H groups in total. The Morgan fingerprint density at radius 2 is 2.20 bits per heavy atom. The Labute approximate surface area is 120 Å². The molecular weight excluding hydrogens is 278 g/mol. The first kappa shape index (κ1) is 12.7. The first-order valence-electron chi connectivity index (χ1n) is 6.02. The predicted molar refractivity (Wildman–Crippen MR) is 76.2 cm³/mol. The highest BCUT2D eigenvalue weighted by molar-refractivity contribution is 6.29. The van der Waals surface area contributed by atoms with Gasteiger partial charge in [-0.1, -0.05) is 11.6 Å². The molecule has 0 fully saturated rings. The van der Waals surface area contributed by atoms with Crippen LogP contribution < -0.4 is 9.47 Å². The predicted octanol–water partition coefficient (Wildman–Crippen LogP) is 3.20. The van der Waals surface area contributed by atoms with E-state index >= 15 is 0 Å². The van der Waals surface area contributed by atoms with Crippen LogP contribution in [0.1, 0.15) is 5.56 Å². The number of aromatic nitrogens is 3. The molecule has 0 saturated carbocycles. The number of pyridine rings is 2. The van der Waals surface area contributed by atoms with Crippen molar-refractivity contribution in [3.63, 3.8) is 0 Å². The van der Waals surface area contributed by atoms with Gasteiger partial charge in [0.05, 0.1) is 7.11 Å². The van der Waals surface area contributed by atoms with E-state index in [1.165, 1.54) is 7.11 Å². The highest BCUT2D eigenvalue weighted by Crippen LogP contribution is 2.27. The van der Waals surface area contributed by atoms with Crippen molar-refractivity contribution in [1.82, 2.24) is 15.0 Å². The summed E-state index contributed by atoms with van der Waals surface area (Å²) in [5.74, 6) is 0.922. The molecule has 3 aromatic heterocycles. The maximum atomic E-state index is 5.81. The molecule has 3 rings (SSSR count). The van der Waals surface area contributed by atoms with Gasteiger partial charge in [0.15, 0.2) is 5.75 Å². The van der Waals surface area contributed by atoms with Crippen molar-refractivity contribution < 1.29 is 9.47 Å². The van der Waals surface area contributed by atoms with Crippen molar-refractivity contribution in [1.29, 1.82) is 0 Å². The first-order valence-corrected chi connectivity index (χ1v) is 6.40. The monoisotopic (exact) mass is 289 g/mol. The summed E-state index contributed by atoms with van der Waals surface area (Å²) in [7, 11) is 1.53. The number of halogens is 1. The van der Waals surface area contributed by atoms with Crippen LogP contribution in [0.25, 0.3) is 11.0 Å². The number of nitrogens with zero attached hydrogens (tertiary/aromatic N) is 2. The lowest BCUT2D eigenvalue weighted by atomic mass is 10.2. The van der Waals surface area contributed by atoms with E-state index in [0.717, 1.165) is 16.6 Å². The lowest BCUT2D eigenvalue weighted by Gasteiger charge is -2.09. The van der Waals surface area contributed by atoms with Crippen LogP contribution in [0, 0.1) is 0 Å². The van der Waals surface area contributed by atoms with Gasteiger partial charge in [-0.05, 0) is 24.3 Å². The van der Waals surface area contributed by atoms with E-state index in [9.17, 15) is 0 Å². The largest absolute Gasteiger partial charge is 0.483 e. The summed E-state index contributed by atoms with van der Waals surface area (Å²) in [4.78, 5) is 11.4. The number of hydrogen-bond donors (Lipinski definition) is 1. The third-order valence-electron chi connectivity index (χ3n) is 2.90. The summed E-state index contributed by atoms with van der Waals surface area (Å²) in [6.07, 6.45) is 3.63. The van der Waals surface area contributed by atoms with E-state index in [1.807, 2.05) is 18.3 Å². The maximum Gasteiger partial charge on any atom is 0.258 e. The summed E-state index contributed by atoms with van der Waals surface area (Å²) in [5, 5.41) is 1.40. The summed E-state index contributed by atoms with van der Waals surface area (Å²) in [6.45, 7) is 0.394. The van der Waals surface area contributed by atoms with E-state index in [0.29, 0.717) is 23.4 Å². The van der Waals surface area contributed by atoms with Crippen molar-refractivity contribution >= 4 is 22.6 Å². The number of aromatic amines is 1. The fraction of sp³-hybridized carbons (Fsp3) is 0.143. The number of methoxy groups -OCH3 is 1. The van der Waals surface area contributed by atoms with Crippen molar-refractivity contribution in [3.05, 3.63) is 47.4 Å². The van der Waals surface area contributed by atoms with Gasteiger partial charge >= 0.3 is 0 Å². The van der Waals surface area contributed by atoms with E-state index < -0.39 is 0 Å². The summed E-state index contributed by atoms with van der Waals surface area (Å²) in [6, 6.07) is 7.29.